The number of anilines is 1. The topological polar surface area (TPSA) is 52.0 Å². The molecule has 0 saturated carbocycles. The summed E-state index contributed by atoms with van der Waals surface area (Å²) in [7, 11) is 0. The molecule has 0 aliphatic rings. The van der Waals surface area contributed by atoms with Crippen LogP contribution in [0.25, 0.3) is 0 Å². The molecule has 0 spiro atoms. The van der Waals surface area contributed by atoms with E-state index >= 15 is 0 Å². The Kier molecular flexibility index (Phi) is 4.25. The molecule has 2 rings (SSSR count). The van der Waals surface area contributed by atoms with Crippen LogP contribution in [0.5, 0.6) is 0 Å². The van der Waals surface area contributed by atoms with Crippen LogP contribution in [0.15, 0.2) is 28.8 Å². The van der Waals surface area contributed by atoms with Crippen molar-refractivity contribution in [2.24, 2.45) is 5.92 Å². The van der Waals surface area contributed by atoms with Gasteiger partial charge in [0.05, 0.1) is 0 Å². The van der Waals surface area contributed by atoms with E-state index in [2.05, 4.69) is 50.2 Å². The summed E-state index contributed by atoms with van der Waals surface area (Å²) in [6.45, 7) is 6.45. The van der Waals surface area contributed by atoms with Crippen molar-refractivity contribution in [1.82, 2.24) is 5.16 Å². The third-order valence-corrected chi connectivity index (χ3v) is 3.27. The number of rotatable bonds is 5. The maximum Gasteiger partial charge on any atom is 0.170 e. The van der Waals surface area contributed by atoms with E-state index < -0.39 is 0 Å². The van der Waals surface area contributed by atoms with Crippen molar-refractivity contribution in [2.45, 2.75) is 40.0 Å². The van der Waals surface area contributed by atoms with Crippen LogP contribution in [0.4, 0.5) is 5.82 Å². The molecule has 3 nitrogen and oxygen atoms in total. The number of hydrogen-bond acceptors (Lipinski definition) is 3. The van der Waals surface area contributed by atoms with Gasteiger partial charge in [-0.3, -0.25) is 0 Å². The van der Waals surface area contributed by atoms with Crippen LogP contribution in [0, 0.1) is 12.8 Å². The van der Waals surface area contributed by atoms with E-state index in [0.29, 0.717) is 11.7 Å². The first-order valence-corrected chi connectivity index (χ1v) is 6.84. The molecule has 2 aromatic rings. The van der Waals surface area contributed by atoms with E-state index in [1.54, 1.807) is 0 Å². The Balaban J connectivity index is 2.05. The lowest BCUT2D eigenvalue weighted by Crippen LogP contribution is -2.01. The van der Waals surface area contributed by atoms with E-state index in [9.17, 15) is 0 Å². The van der Waals surface area contributed by atoms with Crippen molar-refractivity contribution < 1.29 is 4.52 Å². The zero-order valence-electron chi connectivity index (χ0n) is 11.9. The Morgan fingerprint density at radius 2 is 1.84 bits per heavy atom. The van der Waals surface area contributed by atoms with Crippen LogP contribution in [-0.4, -0.2) is 5.16 Å². The van der Waals surface area contributed by atoms with Crippen molar-refractivity contribution >= 4 is 5.82 Å². The summed E-state index contributed by atoms with van der Waals surface area (Å²) >= 11 is 0. The van der Waals surface area contributed by atoms with Crippen molar-refractivity contribution in [1.29, 1.82) is 0 Å². The van der Waals surface area contributed by atoms with Gasteiger partial charge < -0.3 is 10.3 Å². The lowest BCUT2D eigenvalue weighted by atomic mass is 9.99. The van der Waals surface area contributed by atoms with Crippen molar-refractivity contribution in [3.05, 3.63) is 46.7 Å². The zero-order chi connectivity index (χ0) is 13.8. The van der Waals surface area contributed by atoms with Gasteiger partial charge in [-0.1, -0.05) is 48.8 Å². The van der Waals surface area contributed by atoms with Gasteiger partial charge in [0.15, 0.2) is 5.82 Å². The van der Waals surface area contributed by atoms with Gasteiger partial charge in [0.25, 0.3) is 0 Å². The molecule has 0 saturated heterocycles. The minimum Gasteiger partial charge on any atom is -0.381 e. The Labute approximate surface area is 114 Å². The molecule has 0 bridgehead atoms. The van der Waals surface area contributed by atoms with Gasteiger partial charge in [0.1, 0.15) is 5.76 Å². The molecule has 1 aromatic heterocycles. The van der Waals surface area contributed by atoms with Crippen LogP contribution < -0.4 is 5.73 Å². The second kappa shape index (κ2) is 5.91. The van der Waals surface area contributed by atoms with Crippen molar-refractivity contribution in [2.75, 3.05) is 5.73 Å². The van der Waals surface area contributed by atoms with E-state index in [4.69, 9.17) is 10.3 Å². The fourth-order valence-corrected chi connectivity index (χ4v) is 2.19. The van der Waals surface area contributed by atoms with Crippen molar-refractivity contribution in [3.8, 4) is 0 Å². The van der Waals surface area contributed by atoms with Gasteiger partial charge in [-0.2, -0.15) is 0 Å². The van der Waals surface area contributed by atoms with E-state index in [1.165, 1.54) is 11.1 Å². The molecule has 0 aliphatic heterocycles. The lowest BCUT2D eigenvalue weighted by Gasteiger charge is -2.05. The van der Waals surface area contributed by atoms with Gasteiger partial charge in [-0.25, -0.2) is 0 Å². The van der Waals surface area contributed by atoms with Crippen LogP contribution in [0.1, 0.15) is 36.3 Å². The van der Waals surface area contributed by atoms with Crippen LogP contribution >= 0.6 is 0 Å². The first-order valence-electron chi connectivity index (χ1n) is 6.84. The summed E-state index contributed by atoms with van der Waals surface area (Å²) < 4.78 is 5.37. The quantitative estimate of drug-likeness (QED) is 0.892. The zero-order valence-corrected chi connectivity index (χ0v) is 11.9. The van der Waals surface area contributed by atoms with E-state index in [0.717, 1.165) is 30.6 Å². The van der Waals surface area contributed by atoms with Gasteiger partial charge in [0.2, 0.25) is 0 Å². The molecule has 3 heteroatoms. The maximum absolute atomic E-state index is 5.87. The minimum atomic E-state index is 0.549. The highest BCUT2D eigenvalue weighted by Gasteiger charge is 2.14. The van der Waals surface area contributed by atoms with E-state index in [-0.39, 0.29) is 0 Å². The monoisotopic (exact) mass is 258 g/mol. The second-order valence-corrected chi connectivity index (χ2v) is 5.55. The standard InChI is InChI=1S/C16H22N2O/c1-11(2)10-14-15(19-18-16(14)17)9-8-13-6-4-12(3)5-7-13/h4-7,11H,8-10H2,1-3H3,(H2,17,18). The molecule has 0 radical (unpaired) electrons. The first-order chi connectivity index (χ1) is 9.06. The molecule has 102 valence electrons. The molecule has 2 N–H and O–H groups in total. The molecular weight excluding hydrogens is 236 g/mol. The Bertz CT molecular complexity index is 526. The largest absolute Gasteiger partial charge is 0.381 e. The highest BCUT2D eigenvalue weighted by molar-refractivity contribution is 5.41. The normalized spacial score (nSPS) is 11.2. The third kappa shape index (κ3) is 3.60. The first kappa shape index (κ1) is 13.7. The molecule has 0 aliphatic carbocycles. The van der Waals surface area contributed by atoms with Gasteiger partial charge in [-0.05, 0) is 31.2 Å². The Morgan fingerprint density at radius 3 is 2.47 bits per heavy atom. The molecule has 1 aromatic carbocycles. The lowest BCUT2D eigenvalue weighted by molar-refractivity contribution is 0.383. The summed E-state index contributed by atoms with van der Waals surface area (Å²) in [5, 5.41) is 3.90. The van der Waals surface area contributed by atoms with Gasteiger partial charge in [0, 0.05) is 12.0 Å². The summed E-state index contributed by atoms with van der Waals surface area (Å²) in [6.07, 6.45) is 2.74. The minimum absolute atomic E-state index is 0.549. The fraction of sp³-hybridized carbons (Fsp3) is 0.438. The summed E-state index contributed by atoms with van der Waals surface area (Å²) in [4.78, 5) is 0. The molecule has 1 heterocycles. The van der Waals surface area contributed by atoms with Crippen LogP contribution in [-0.2, 0) is 19.3 Å². The summed E-state index contributed by atoms with van der Waals surface area (Å²) in [5.41, 5.74) is 9.56. The number of nitrogens with zero attached hydrogens (tertiary/aromatic N) is 1. The third-order valence-electron chi connectivity index (χ3n) is 3.27. The van der Waals surface area contributed by atoms with Gasteiger partial charge >= 0.3 is 0 Å². The van der Waals surface area contributed by atoms with Crippen LogP contribution in [0.3, 0.4) is 0 Å². The molecule has 0 amide bonds. The second-order valence-electron chi connectivity index (χ2n) is 5.55. The number of nitrogens with two attached hydrogens (primary N) is 1. The average Bonchev–Trinajstić information content (AvgIpc) is 2.70. The van der Waals surface area contributed by atoms with Crippen molar-refractivity contribution in [3.63, 3.8) is 0 Å². The number of hydrogen-bond donors (Lipinski definition) is 1. The molecule has 0 atom stereocenters. The smallest absolute Gasteiger partial charge is 0.170 e. The molecule has 0 unspecified atom stereocenters. The SMILES string of the molecule is Cc1ccc(CCc2onc(N)c2CC(C)C)cc1. The van der Waals surface area contributed by atoms with E-state index in [1.807, 2.05) is 0 Å². The number of aromatic nitrogens is 1. The summed E-state index contributed by atoms with van der Waals surface area (Å²) in [5.74, 6) is 2.04. The Hall–Kier alpha value is -1.77. The molecule has 0 fully saturated rings. The maximum atomic E-state index is 5.87. The number of aryl methyl sites for hydroxylation is 3. The average molecular weight is 258 g/mol. The molecular formula is C16H22N2O. The Morgan fingerprint density at radius 1 is 1.16 bits per heavy atom. The number of benzene rings is 1. The summed E-state index contributed by atoms with van der Waals surface area (Å²) in [6, 6.07) is 8.60. The highest BCUT2D eigenvalue weighted by Crippen LogP contribution is 2.21. The van der Waals surface area contributed by atoms with Crippen LogP contribution in [0.2, 0.25) is 0 Å². The molecule has 19 heavy (non-hydrogen) atoms. The highest BCUT2D eigenvalue weighted by atomic mass is 16.5. The number of nitrogen functional groups attached to an aromatic ring is 1. The predicted molar refractivity (Wildman–Crippen MR) is 78.0 cm³/mol. The fourth-order valence-electron chi connectivity index (χ4n) is 2.19. The predicted octanol–water partition coefficient (Wildman–Crippen LogP) is 3.55. The van der Waals surface area contributed by atoms with Gasteiger partial charge in [-0.15, -0.1) is 0 Å².